The summed E-state index contributed by atoms with van der Waals surface area (Å²) < 4.78 is 59.9. The average molecular weight is 226 g/mol. The number of benzene rings is 1. The summed E-state index contributed by atoms with van der Waals surface area (Å²) >= 11 is 0. The predicted molar refractivity (Wildman–Crippen MR) is 25.1 cm³/mol. The van der Waals surface area contributed by atoms with E-state index in [1.807, 2.05) is 0 Å². The molecule has 0 N–H and O–H groups in total. The Kier molecular flexibility index (Phi) is 3.65. The van der Waals surface area contributed by atoms with Gasteiger partial charge in [-0.1, -0.05) is 0 Å². The summed E-state index contributed by atoms with van der Waals surface area (Å²) in [6.07, 6.45) is 0. The topological polar surface area (TPSA) is 0 Å². The van der Waals surface area contributed by atoms with Gasteiger partial charge in [-0.3, -0.25) is 8.78 Å². The minimum atomic E-state index is -2.17. The van der Waals surface area contributed by atoms with E-state index in [1.54, 1.807) is 0 Å². The third-order valence-electron chi connectivity index (χ3n) is 0.990. The maximum atomic E-state index is 12.0. The molecule has 0 unspecified atom stereocenters. The van der Waals surface area contributed by atoms with Gasteiger partial charge in [0.05, 0.1) is 29.1 Å². The first kappa shape index (κ1) is 11.4. The molecule has 0 aromatic heterocycles. The van der Waals surface area contributed by atoms with Crippen LogP contribution in [0.25, 0.3) is 0 Å². The number of halogens is 5. The van der Waals surface area contributed by atoms with Crippen molar-refractivity contribution in [1.29, 1.82) is 0 Å². The maximum Gasteiger partial charge on any atom is 0.0893 e. The third-order valence-corrected chi connectivity index (χ3v) is 0.990. The van der Waals surface area contributed by atoms with Crippen molar-refractivity contribution in [3.05, 3.63) is 35.2 Å². The smallest absolute Gasteiger partial charge is 0.0893 e. The Labute approximate surface area is 74.3 Å². The molecule has 0 fully saturated rings. The second kappa shape index (κ2) is 3.85. The predicted octanol–water partition coefficient (Wildman–Crippen LogP) is 2.18. The Morgan fingerprint density at radius 3 is 1.33 bits per heavy atom. The second-order valence-corrected chi connectivity index (χ2v) is 1.69. The van der Waals surface area contributed by atoms with Crippen molar-refractivity contribution < 1.29 is 38.4 Å². The van der Waals surface area contributed by atoms with Gasteiger partial charge >= 0.3 is 0 Å². The van der Waals surface area contributed by atoms with Crippen LogP contribution in [0.15, 0.2) is 0 Å². The van der Waals surface area contributed by atoms with Crippen LogP contribution >= 0.6 is 0 Å². The van der Waals surface area contributed by atoms with Crippen molar-refractivity contribution in [1.82, 2.24) is 0 Å². The zero-order valence-electron chi connectivity index (χ0n) is 5.21. The van der Waals surface area contributed by atoms with Crippen LogP contribution in [0.5, 0.6) is 0 Å². The number of rotatable bonds is 0. The van der Waals surface area contributed by atoms with Crippen molar-refractivity contribution in [2.24, 2.45) is 0 Å². The standard InChI is InChI=1S/C6F5.Ni/c7-2-1-3(8)5(10)6(11)4(2)9;/q-1;. The molecule has 70 valence electrons. The normalized spacial score (nSPS) is 9.42. The van der Waals surface area contributed by atoms with Crippen molar-refractivity contribution in [3.8, 4) is 0 Å². The van der Waals surface area contributed by atoms with Crippen molar-refractivity contribution >= 4 is 0 Å². The second-order valence-electron chi connectivity index (χ2n) is 1.69. The Balaban J connectivity index is 0.00000121. The van der Waals surface area contributed by atoms with Gasteiger partial charge in [-0.15, -0.1) is 6.07 Å². The molecule has 1 aromatic carbocycles. The van der Waals surface area contributed by atoms with Crippen LogP contribution in [0.2, 0.25) is 0 Å². The van der Waals surface area contributed by atoms with Crippen LogP contribution in [-0.4, -0.2) is 0 Å². The first-order valence-corrected chi connectivity index (χ1v) is 2.44. The van der Waals surface area contributed by atoms with Crippen LogP contribution in [0.3, 0.4) is 0 Å². The quantitative estimate of drug-likeness (QED) is 0.209. The third kappa shape index (κ3) is 1.75. The molecule has 0 spiro atoms. The van der Waals surface area contributed by atoms with E-state index in [0.717, 1.165) is 6.07 Å². The average Bonchev–Trinajstić information content (AvgIpc) is 1.97. The molecule has 1 aromatic rings. The maximum absolute atomic E-state index is 12.0. The van der Waals surface area contributed by atoms with Gasteiger partial charge in [0.25, 0.3) is 0 Å². The molecule has 0 radical (unpaired) electrons. The van der Waals surface area contributed by atoms with Crippen LogP contribution in [-0.2, 0) is 16.5 Å². The summed E-state index contributed by atoms with van der Waals surface area (Å²) in [4.78, 5) is 0. The molecule has 0 nitrogen and oxygen atoms in total. The van der Waals surface area contributed by atoms with E-state index in [-0.39, 0.29) is 16.5 Å². The van der Waals surface area contributed by atoms with E-state index in [1.165, 1.54) is 0 Å². The van der Waals surface area contributed by atoms with Gasteiger partial charge in [0, 0.05) is 16.5 Å². The van der Waals surface area contributed by atoms with E-state index in [9.17, 15) is 22.0 Å². The molecule has 6 heteroatoms. The number of hydrogen-bond donors (Lipinski definition) is 0. The van der Waals surface area contributed by atoms with E-state index in [2.05, 4.69) is 0 Å². The molecule has 0 heterocycles. The Hall–Kier alpha value is -0.636. The SMILES string of the molecule is Fc1[c-]c(F)c(F)c(F)c1F.[Ni]. The molecule has 0 bridgehead atoms. The van der Waals surface area contributed by atoms with Crippen molar-refractivity contribution in [2.75, 3.05) is 0 Å². The molecule has 0 aliphatic heterocycles. The molecule has 0 saturated heterocycles. The molecular formula is C6F5Ni-. The number of hydrogen-bond acceptors (Lipinski definition) is 0. The fourth-order valence-corrected chi connectivity index (χ4v) is 0.495. The van der Waals surface area contributed by atoms with Gasteiger partial charge in [-0.05, 0) is 0 Å². The summed E-state index contributed by atoms with van der Waals surface area (Å²) in [5.41, 5.74) is 0. The zero-order chi connectivity index (χ0) is 8.59. The van der Waals surface area contributed by atoms with Gasteiger partial charge in [0.15, 0.2) is 0 Å². The molecule has 0 amide bonds. The molecule has 0 atom stereocenters. The summed E-state index contributed by atoms with van der Waals surface area (Å²) in [6.45, 7) is 0. The molecule has 1 rings (SSSR count). The molecule has 12 heavy (non-hydrogen) atoms. The van der Waals surface area contributed by atoms with Gasteiger partial charge < -0.3 is 0 Å². The van der Waals surface area contributed by atoms with Crippen LogP contribution in [0.4, 0.5) is 22.0 Å². The minimum absolute atomic E-state index is 0. The van der Waals surface area contributed by atoms with E-state index in [4.69, 9.17) is 0 Å². The fraction of sp³-hybridized carbons (Fsp3) is 0. The summed E-state index contributed by atoms with van der Waals surface area (Å²) in [7, 11) is 0. The van der Waals surface area contributed by atoms with Crippen molar-refractivity contribution in [3.63, 3.8) is 0 Å². The summed E-state index contributed by atoms with van der Waals surface area (Å²) in [6, 6.07) is 1.02. The van der Waals surface area contributed by atoms with Crippen LogP contribution in [0, 0.1) is 35.2 Å². The monoisotopic (exact) mass is 225 g/mol. The Morgan fingerprint density at radius 2 is 1.00 bits per heavy atom. The van der Waals surface area contributed by atoms with Gasteiger partial charge in [0.1, 0.15) is 0 Å². The van der Waals surface area contributed by atoms with Gasteiger partial charge in [0.2, 0.25) is 0 Å². The van der Waals surface area contributed by atoms with E-state index < -0.39 is 29.1 Å². The zero-order valence-corrected chi connectivity index (χ0v) is 6.19. The van der Waals surface area contributed by atoms with Crippen LogP contribution in [0.1, 0.15) is 0 Å². The fourth-order valence-electron chi connectivity index (χ4n) is 0.495. The van der Waals surface area contributed by atoms with Gasteiger partial charge in [-0.25, -0.2) is 13.2 Å². The summed E-state index contributed by atoms with van der Waals surface area (Å²) in [5, 5.41) is 0. The molecule has 0 aliphatic carbocycles. The first-order chi connectivity index (χ1) is 5.04. The Bertz CT molecular complexity index is 272. The molecule has 0 aliphatic rings. The van der Waals surface area contributed by atoms with E-state index in [0.29, 0.717) is 0 Å². The van der Waals surface area contributed by atoms with Gasteiger partial charge in [-0.2, -0.15) is 0 Å². The molecule has 0 saturated carbocycles. The summed E-state index contributed by atoms with van der Waals surface area (Å²) in [5.74, 6) is -10.0. The van der Waals surface area contributed by atoms with Crippen LogP contribution < -0.4 is 0 Å². The minimum Gasteiger partial charge on any atom is -0.278 e. The Morgan fingerprint density at radius 1 is 0.667 bits per heavy atom. The van der Waals surface area contributed by atoms with E-state index >= 15 is 0 Å². The molecular weight excluding hydrogens is 226 g/mol. The van der Waals surface area contributed by atoms with Crippen molar-refractivity contribution in [2.45, 2.75) is 0 Å². The first-order valence-electron chi connectivity index (χ1n) is 2.44. The largest absolute Gasteiger partial charge is 0.278 e.